The first-order valence-corrected chi connectivity index (χ1v) is 7.66. The molecule has 0 amide bonds. The first-order chi connectivity index (χ1) is 9.20. The molecular formula is C17H27NO. The maximum Gasteiger partial charge on any atom is 0.124 e. The van der Waals surface area contributed by atoms with Gasteiger partial charge in [-0.25, -0.2) is 0 Å². The van der Waals surface area contributed by atoms with E-state index in [9.17, 15) is 0 Å². The Hall–Kier alpha value is -1.02. The molecule has 0 heterocycles. The Labute approximate surface area is 117 Å². The fraction of sp³-hybridized carbons (Fsp3) is 0.647. The molecule has 1 N–H and O–H groups in total. The maximum atomic E-state index is 6.26. The van der Waals surface area contributed by atoms with Crippen molar-refractivity contribution in [1.82, 2.24) is 5.32 Å². The van der Waals surface area contributed by atoms with Crippen LogP contribution in [-0.2, 0) is 6.54 Å². The summed E-state index contributed by atoms with van der Waals surface area (Å²) in [4.78, 5) is 0. The zero-order chi connectivity index (χ0) is 13.7. The lowest BCUT2D eigenvalue weighted by Gasteiger charge is -2.32. The number of ether oxygens (including phenoxy) is 1. The van der Waals surface area contributed by atoms with Crippen molar-refractivity contribution in [2.75, 3.05) is 6.54 Å². The van der Waals surface area contributed by atoms with Gasteiger partial charge in [0.05, 0.1) is 6.10 Å². The molecule has 0 spiro atoms. The van der Waals surface area contributed by atoms with E-state index in [4.69, 9.17) is 4.74 Å². The molecule has 1 aromatic carbocycles. The minimum atomic E-state index is 0.397. The van der Waals surface area contributed by atoms with E-state index in [0.717, 1.165) is 30.7 Å². The maximum absolute atomic E-state index is 6.26. The first kappa shape index (κ1) is 14.4. The third-order valence-electron chi connectivity index (χ3n) is 4.38. The van der Waals surface area contributed by atoms with E-state index in [0.29, 0.717) is 6.10 Å². The Bertz CT molecular complexity index is 391. The van der Waals surface area contributed by atoms with E-state index in [1.54, 1.807) is 0 Å². The average Bonchev–Trinajstić information content (AvgIpc) is 2.42. The van der Waals surface area contributed by atoms with E-state index in [1.807, 2.05) is 0 Å². The highest BCUT2D eigenvalue weighted by Crippen LogP contribution is 2.32. The molecule has 0 aliphatic heterocycles. The Morgan fingerprint density at radius 1 is 1.16 bits per heavy atom. The van der Waals surface area contributed by atoms with Crippen LogP contribution in [0.15, 0.2) is 24.3 Å². The van der Waals surface area contributed by atoms with Gasteiger partial charge in [-0.3, -0.25) is 0 Å². The average molecular weight is 261 g/mol. The summed E-state index contributed by atoms with van der Waals surface area (Å²) in [6.07, 6.45) is 4.08. The molecule has 2 nitrogen and oxygen atoms in total. The van der Waals surface area contributed by atoms with Crippen molar-refractivity contribution in [3.63, 3.8) is 0 Å². The van der Waals surface area contributed by atoms with Gasteiger partial charge in [0.15, 0.2) is 0 Å². The molecule has 1 aromatic rings. The molecule has 106 valence electrons. The number of hydrogen-bond acceptors (Lipinski definition) is 2. The lowest BCUT2D eigenvalue weighted by atomic mass is 9.80. The minimum absolute atomic E-state index is 0.397. The van der Waals surface area contributed by atoms with Crippen LogP contribution in [0.3, 0.4) is 0 Å². The molecule has 1 fully saturated rings. The van der Waals surface area contributed by atoms with E-state index < -0.39 is 0 Å². The predicted octanol–water partition coefficient (Wildman–Crippen LogP) is 4.00. The first-order valence-electron chi connectivity index (χ1n) is 7.66. The van der Waals surface area contributed by atoms with E-state index in [2.05, 4.69) is 50.4 Å². The lowest BCUT2D eigenvalue weighted by molar-refractivity contribution is 0.0996. The van der Waals surface area contributed by atoms with Gasteiger partial charge in [-0.2, -0.15) is 0 Å². The fourth-order valence-electron chi connectivity index (χ4n) is 2.81. The molecule has 19 heavy (non-hydrogen) atoms. The van der Waals surface area contributed by atoms with Crippen LogP contribution in [0.25, 0.3) is 0 Å². The van der Waals surface area contributed by atoms with Crippen LogP contribution in [0.4, 0.5) is 0 Å². The van der Waals surface area contributed by atoms with Crippen molar-refractivity contribution in [1.29, 1.82) is 0 Å². The summed E-state index contributed by atoms with van der Waals surface area (Å²) >= 11 is 0. The summed E-state index contributed by atoms with van der Waals surface area (Å²) in [7, 11) is 0. The second-order valence-electron chi connectivity index (χ2n) is 5.90. The SMILES string of the molecule is CCNCc1ccccc1OC1CCC(C)C(C)C1. The van der Waals surface area contributed by atoms with Crippen molar-refractivity contribution in [2.45, 2.75) is 52.7 Å². The lowest BCUT2D eigenvalue weighted by Crippen LogP contribution is -2.29. The van der Waals surface area contributed by atoms with Crippen molar-refractivity contribution < 1.29 is 4.74 Å². The fourth-order valence-corrected chi connectivity index (χ4v) is 2.81. The molecule has 2 rings (SSSR count). The van der Waals surface area contributed by atoms with E-state index in [1.165, 1.54) is 24.8 Å². The summed E-state index contributed by atoms with van der Waals surface area (Å²) in [6.45, 7) is 8.73. The van der Waals surface area contributed by atoms with E-state index >= 15 is 0 Å². The van der Waals surface area contributed by atoms with Crippen LogP contribution >= 0.6 is 0 Å². The number of rotatable bonds is 5. The van der Waals surface area contributed by atoms with Gasteiger partial charge in [-0.05, 0) is 43.7 Å². The third kappa shape index (κ3) is 3.97. The molecule has 0 bridgehead atoms. The van der Waals surface area contributed by atoms with Crippen molar-refractivity contribution in [3.05, 3.63) is 29.8 Å². The Kier molecular flexibility index (Phi) is 5.26. The monoisotopic (exact) mass is 261 g/mol. The largest absolute Gasteiger partial charge is 0.490 e. The van der Waals surface area contributed by atoms with Crippen molar-refractivity contribution >= 4 is 0 Å². The molecule has 1 saturated carbocycles. The zero-order valence-electron chi connectivity index (χ0n) is 12.5. The molecule has 1 aliphatic carbocycles. The van der Waals surface area contributed by atoms with Crippen LogP contribution in [0.2, 0.25) is 0 Å². The molecule has 1 aliphatic rings. The predicted molar refractivity (Wildman–Crippen MR) is 80.4 cm³/mol. The van der Waals surface area contributed by atoms with Gasteiger partial charge in [0, 0.05) is 12.1 Å². The summed E-state index contributed by atoms with van der Waals surface area (Å²) in [6, 6.07) is 8.42. The highest BCUT2D eigenvalue weighted by Gasteiger charge is 2.26. The van der Waals surface area contributed by atoms with Crippen molar-refractivity contribution in [3.8, 4) is 5.75 Å². The number of nitrogens with one attached hydrogen (secondary N) is 1. The Morgan fingerprint density at radius 3 is 2.68 bits per heavy atom. The van der Waals surface area contributed by atoms with Gasteiger partial charge >= 0.3 is 0 Å². The quantitative estimate of drug-likeness (QED) is 0.865. The van der Waals surface area contributed by atoms with E-state index in [-0.39, 0.29) is 0 Å². The minimum Gasteiger partial charge on any atom is -0.490 e. The van der Waals surface area contributed by atoms with Crippen molar-refractivity contribution in [2.24, 2.45) is 11.8 Å². The second kappa shape index (κ2) is 6.95. The van der Waals surface area contributed by atoms with Crippen LogP contribution in [0, 0.1) is 11.8 Å². The highest BCUT2D eigenvalue weighted by molar-refractivity contribution is 5.33. The van der Waals surface area contributed by atoms with Crippen LogP contribution in [0.5, 0.6) is 5.75 Å². The molecule has 0 saturated heterocycles. The second-order valence-corrected chi connectivity index (χ2v) is 5.90. The molecule has 2 heteroatoms. The Balaban J connectivity index is 1.98. The van der Waals surface area contributed by atoms with Crippen LogP contribution < -0.4 is 10.1 Å². The molecule has 3 atom stereocenters. The van der Waals surface area contributed by atoms with Gasteiger partial charge in [0.1, 0.15) is 5.75 Å². The summed E-state index contributed by atoms with van der Waals surface area (Å²) in [5, 5.41) is 3.38. The molecule has 0 radical (unpaired) electrons. The molecular weight excluding hydrogens is 234 g/mol. The zero-order valence-corrected chi connectivity index (χ0v) is 12.5. The van der Waals surface area contributed by atoms with Gasteiger partial charge in [0.25, 0.3) is 0 Å². The third-order valence-corrected chi connectivity index (χ3v) is 4.38. The Morgan fingerprint density at radius 2 is 1.95 bits per heavy atom. The van der Waals surface area contributed by atoms with Gasteiger partial charge in [-0.15, -0.1) is 0 Å². The standard InChI is InChI=1S/C17H27NO/c1-4-18-12-15-7-5-6-8-17(15)19-16-10-9-13(2)14(3)11-16/h5-8,13-14,16,18H,4,9-12H2,1-3H3. The van der Waals surface area contributed by atoms with Crippen LogP contribution in [-0.4, -0.2) is 12.6 Å². The van der Waals surface area contributed by atoms with Gasteiger partial charge in [0.2, 0.25) is 0 Å². The smallest absolute Gasteiger partial charge is 0.124 e. The molecule has 3 unspecified atom stereocenters. The highest BCUT2D eigenvalue weighted by atomic mass is 16.5. The summed E-state index contributed by atoms with van der Waals surface area (Å²) in [5.74, 6) is 2.69. The number of para-hydroxylation sites is 1. The number of benzene rings is 1. The topological polar surface area (TPSA) is 21.3 Å². The summed E-state index contributed by atoms with van der Waals surface area (Å²) in [5.41, 5.74) is 1.27. The van der Waals surface area contributed by atoms with Gasteiger partial charge in [-0.1, -0.05) is 39.0 Å². The normalized spacial score (nSPS) is 27.2. The molecule has 0 aromatic heterocycles. The van der Waals surface area contributed by atoms with Gasteiger partial charge < -0.3 is 10.1 Å². The van der Waals surface area contributed by atoms with Crippen LogP contribution in [0.1, 0.15) is 45.6 Å². The number of hydrogen-bond donors (Lipinski definition) is 1. The summed E-state index contributed by atoms with van der Waals surface area (Å²) < 4.78 is 6.26.